The standard InChI is InChI=1S/C20H30N2O3/c1-16(2)8-12-21-20(24)17-9-13-22(14-10-17)19(23)11-15-25-18-6-4-3-5-7-18/h3-7,16-17H,8-15H2,1-2H3,(H,21,24). The Morgan fingerprint density at radius 3 is 2.52 bits per heavy atom. The molecule has 1 aliphatic rings. The molecule has 2 amide bonds. The van der Waals surface area contributed by atoms with E-state index in [-0.39, 0.29) is 17.7 Å². The van der Waals surface area contributed by atoms with Crippen molar-refractivity contribution in [3.05, 3.63) is 30.3 Å². The van der Waals surface area contributed by atoms with Crippen LogP contribution in [-0.4, -0.2) is 43.0 Å². The van der Waals surface area contributed by atoms with E-state index in [1.54, 1.807) is 0 Å². The van der Waals surface area contributed by atoms with Crippen LogP contribution in [0, 0.1) is 11.8 Å². The molecule has 1 aliphatic heterocycles. The van der Waals surface area contributed by atoms with Gasteiger partial charge in [0, 0.05) is 25.6 Å². The van der Waals surface area contributed by atoms with Gasteiger partial charge in [-0.15, -0.1) is 0 Å². The van der Waals surface area contributed by atoms with Gasteiger partial charge in [-0.25, -0.2) is 0 Å². The number of carbonyl (C=O) groups excluding carboxylic acids is 2. The minimum atomic E-state index is 0.0387. The van der Waals surface area contributed by atoms with Gasteiger partial charge in [-0.1, -0.05) is 32.0 Å². The van der Waals surface area contributed by atoms with Crippen molar-refractivity contribution in [2.75, 3.05) is 26.2 Å². The van der Waals surface area contributed by atoms with Gasteiger partial charge in [0.15, 0.2) is 0 Å². The van der Waals surface area contributed by atoms with Gasteiger partial charge in [0.2, 0.25) is 11.8 Å². The summed E-state index contributed by atoms with van der Waals surface area (Å²) >= 11 is 0. The molecule has 0 radical (unpaired) electrons. The Bertz CT molecular complexity index is 537. The normalized spacial score (nSPS) is 15.2. The highest BCUT2D eigenvalue weighted by Crippen LogP contribution is 2.18. The largest absolute Gasteiger partial charge is 0.493 e. The fourth-order valence-corrected chi connectivity index (χ4v) is 2.95. The Balaban J connectivity index is 1.63. The van der Waals surface area contributed by atoms with Crippen molar-refractivity contribution in [2.45, 2.75) is 39.5 Å². The number of piperidine rings is 1. The van der Waals surface area contributed by atoms with Crippen LogP contribution >= 0.6 is 0 Å². The molecule has 0 saturated carbocycles. The summed E-state index contributed by atoms with van der Waals surface area (Å²) in [4.78, 5) is 26.3. The first kappa shape index (κ1) is 19.3. The highest BCUT2D eigenvalue weighted by Gasteiger charge is 2.26. The molecule has 0 bridgehead atoms. The minimum Gasteiger partial charge on any atom is -0.493 e. The maximum atomic E-state index is 12.3. The molecule has 0 aliphatic carbocycles. The molecule has 1 heterocycles. The lowest BCUT2D eigenvalue weighted by Crippen LogP contribution is -2.43. The summed E-state index contributed by atoms with van der Waals surface area (Å²) < 4.78 is 5.58. The fraction of sp³-hybridized carbons (Fsp3) is 0.600. The van der Waals surface area contributed by atoms with Gasteiger partial charge in [-0.3, -0.25) is 9.59 Å². The monoisotopic (exact) mass is 346 g/mol. The average Bonchev–Trinajstić information content (AvgIpc) is 2.62. The van der Waals surface area contributed by atoms with E-state index in [9.17, 15) is 9.59 Å². The molecule has 2 rings (SSSR count). The number of likely N-dealkylation sites (tertiary alicyclic amines) is 1. The molecule has 1 aromatic rings. The summed E-state index contributed by atoms with van der Waals surface area (Å²) in [6.07, 6.45) is 2.88. The van der Waals surface area contributed by atoms with Crippen LogP contribution in [0.1, 0.15) is 39.5 Å². The smallest absolute Gasteiger partial charge is 0.225 e. The molecule has 0 spiro atoms. The van der Waals surface area contributed by atoms with Crippen molar-refractivity contribution < 1.29 is 14.3 Å². The molecular weight excluding hydrogens is 316 g/mol. The summed E-state index contributed by atoms with van der Waals surface area (Å²) in [5, 5.41) is 3.02. The van der Waals surface area contributed by atoms with E-state index < -0.39 is 0 Å². The van der Waals surface area contributed by atoms with Gasteiger partial charge >= 0.3 is 0 Å². The lowest BCUT2D eigenvalue weighted by molar-refractivity contribution is -0.136. The number of benzene rings is 1. The van der Waals surface area contributed by atoms with Crippen molar-refractivity contribution >= 4 is 11.8 Å². The van der Waals surface area contributed by atoms with Crippen LogP contribution < -0.4 is 10.1 Å². The van der Waals surface area contributed by atoms with E-state index in [1.165, 1.54) is 0 Å². The van der Waals surface area contributed by atoms with Gasteiger partial charge in [0.05, 0.1) is 13.0 Å². The number of nitrogens with one attached hydrogen (secondary N) is 1. The van der Waals surface area contributed by atoms with Gasteiger partial charge < -0.3 is 15.0 Å². The van der Waals surface area contributed by atoms with E-state index in [1.807, 2.05) is 35.2 Å². The lowest BCUT2D eigenvalue weighted by atomic mass is 9.95. The van der Waals surface area contributed by atoms with Gasteiger partial charge in [-0.2, -0.15) is 0 Å². The lowest BCUT2D eigenvalue weighted by Gasteiger charge is -2.31. The fourth-order valence-electron chi connectivity index (χ4n) is 2.95. The predicted molar refractivity (Wildman–Crippen MR) is 98.3 cm³/mol. The summed E-state index contributed by atoms with van der Waals surface area (Å²) in [5.74, 6) is 1.66. The van der Waals surface area contributed by atoms with Crippen molar-refractivity contribution in [3.63, 3.8) is 0 Å². The van der Waals surface area contributed by atoms with Crippen LogP contribution in [0.3, 0.4) is 0 Å². The van der Waals surface area contributed by atoms with Gasteiger partial charge in [-0.05, 0) is 37.3 Å². The number of ether oxygens (including phenoxy) is 1. The molecule has 0 unspecified atom stereocenters. The van der Waals surface area contributed by atoms with Crippen LogP contribution in [-0.2, 0) is 9.59 Å². The second-order valence-electron chi connectivity index (χ2n) is 7.04. The van der Waals surface area contributed by atoms with Gasteiger partial charge in [0.1, 0.15) is 5.75 Å². The number of rotatable bonds is 8. The SMILES string of the molecule is CC(C)CCNC(=O)C1CCN(C(=O)CCOc2ccccc2)CC1. The Labute approximate surface area is 150 Å². The molecule has 1 N–H and O–H groups in total. The first-order chi connectivity index (χ1) is 12.1. The van der Waals surface area contributed by atoms with Gasteiger partial charge in [0.25, 0.3) is 0 Å². The van der Waals surface area contributed by atoms with E-state index >= 15 is 0 Å². The van der Waals surface area contributed by atoms with Crippen LogP contribution in [0.5, 0.6) is 5.75 Å². The third kappa shape index (κ3) is 6.77. The molecule has 138 valence electrons. The molecular formula is C20H30N2O3. The summed E-state index contributed by atoms with van der Waals surface area (Å²) in [5.41, 5.74) is 0. The van der Waals surface area contributed by atoms with Crippen LogP contribution in [0.2, 0.25) is 0 Å². The number of amides is 2. The van der Waals surface area contributed by atoms with Crippen LogP contribution in [0.4, 0.5) is 0 Å². The molecule has 5 nitrogen and oxygen atoms in total. The zero-order valence-corrected chi connectivity index (χ0v) is 15.4. The van der Waals surface area contributed by atoms with Crippen molar-refractivity contribution in [2.24, 2.45) is 11.8 Å². The average molecular weight is 346 g/mol. The first-order valence-electron chi connectivity index (χ1n) is 9.29. The predicted octanol–water partition coefficient (Wildman–Crippen LogP) is 2.86. The second-order valence-corrected chi connectivity index (χ2v) is 7.04. The molecule has 1 fully saturated rings. The maximum absolute atomic E-state index is 12.3. The van der Waals surface area contributed by atoms with Crippen LogP contribution in [0.15, 0.2) is 30.3 Å². The zero-order valence-electron chi connectivity index (χ0n) is 15.4. The molecule has 0 atom stereocenters. The molecule has 1 saturated heterocycles. The number of hydrogen-bond donors (Lipinski definition) is 1. The summed E-state index contributed by atoms with van der Waals surface area (Å²) in [6, 6.07) is 9.52. The van der Waals surface area contributed by atoms with E-state index in [4.69, 9.17) is 4.74 Å². The third-order valence-electron chi connectivity index (χ3n) is 4.57. The van der Waals surface area contributed by atoms with E-state index in [0.717, 1.165) is 31.6 Å². The highest BCUT2D eigenvalue weighted by atomic mass is 16.5. The van der Waals surface area contributed by atoms with Crippen LogP contribution in [0.25, 0.3) is 0 Å². The van der Waals surface area contributed by atoms with E-state index in [2.05, 4.69) is 19.2 Å². The summed E-state index contributed by atoms with van der Waals surface area (Å²) in [7, 11) is 0. The Morgan fingerprint density at radius 2 is 1.88 bits per heavy atom. The summed E-state index contributed by atoms with van der Waals surface area (Å²) in [6.45, 7) is 6.75. The van der Waals surface area contributed by atoms with E-state index in [0.29, 0.717) is 32.0 Å². The second kappa shape index (κ2) is 10.1. The van der Waals surface area contributed by atoms with Crippen molar-refractivity contribution in [1.29, 1.82) is 0 Å². The zero-order chi connectivity index (χ0) is 18.1. The molecule has 5 heteroatoms. The first-order valence-corrected chi connectivity index (χ1v) is 9.29. The third-order valence-corrected chi connectivity index (χ3v) is 4.57. The van der Waals surface area contributed by atoms with Crippen molar-refractivity contribution in [3.8, 4) is 5.75 Å². The number of hydrogen-bond acceptors (Lipinski definition) is 3. The Kier molecular flexibility index (Phi) is 7.76. The Morgan fingerprint density at radius 1 is 1.20 bits per heavy atom. The molecule has 1 aromatic carbocycles. The topological polar surface area (TPSA) is 58.6 Å². The number of carbonyl (C=O) groups is 2. The minimum absolute atomic E-state index is 0.0387. The van der Waals surface area contributed by atoms with Crippen molar-refractivity contribution in [1.82, 2.24) is 10.2 Å². The number of nitrogens with zero attached hydrogens (tertiary/aromatic N) is 1. The maximum Gasteiger partial charge on any atom is 0.225 e. The Hall–Kier alpha value is -2.04. The molecule has 25 heavy (non-hydrogen) atoms. The highest BCUT2D eigenvalue weighted by molar-refractivity contribution is 5.80. The molecule has 0 aromatic heterocycles. The number of para-hydroxylation sites is 1. The quantitative estimate of drug-likeness (QED) is 0.787.